The molecule has 1 aliphatic rings. The van der Waals surface area contributed by atoms with E-state index in [9.17, 15) is 9.59 Å². The Labute approximate surface area is 184 Å². The Kier molecular flexibility index (Phi) is 7.33. The highest BCUT2D eigenvalue weighted by atomic mass is 35.5. The fourth-order valence-corrected chi connectivity index (χ4v) is 4.66. The van der Waals surface area contributed by atoms with E-state index in [0.29, 0.717) is 27.9 Å². The van der Waals surface area contributed by atoms with E-state index in [1.807, 2.05) is 43.0 Å². The van der Waals surface area contributed by atoms with E-state index in [2.05, 4.69) is 5.32 Å². The smallest absolute Gasteiger partial charge is 0.411 e. The summed E-state index contributed by atoms with van der Waals surface area (Å²) < 4.78 is 5.40. The number of carbonyl (C=O) groups is 2. The zero-order chi connectivity index (χ0) is 21.0. The normalized spacial score (nSPS) is 17.3. The number of nitrogens with one attached hydrogen (secondary N) is 1. The Balaban J connectivity index is 1.64. The van der Waals surface area contributed by atoms with Gasteiger partial charge in [-0.3, -0.25) is 10.1 Å². The zero-order valence-corrected chi connectivity index (χ0v) is 18.5. The van der Waals surface area contributed by atoms with E-state index >= 15 is 0 Å². The molecule has 1 N–H and O–H groups in total. The highest BCUT2D eigenvalue weighted by Gasteiger charge is 2.37. The molecule has 0 saturated carbocycles. The van der Waals surface area contributed by atoms with Gasteiger partial charge in [-0.05, 0) is 37.1 Å². The molecule has 0 aliphatic carbocycles. The molecule has 5 nitrogen and oxygen atoms in total. The van der Waals surface area contributed by atoms with Crippen LogP contribution in [0.3, 0.4) is 0 Å². The lowest BCUT2D eigenvalue weighted by Gasteiger charge is -2.32. The third kappa shape index (κ3) is 5.38. The van der Waals surface area contributed by atoms with Crippen LogP contribution in [0, 0.1) is 6.92 Å². The van der Waals surface area contributed by atoms with Crippen LogP contribution in [0.1, 0.15) is 29.8 Å². The monoisotopic (exact) mass is 452 g/mol. The van der Waals surface area contributed by atoms with Crippen molar-refractivity contribution in [2.24, 2.45) is 0 Å². The van der Waals surface area contributed by atoms with Crippen molar-refractivity contribution in [2.45, 2.75) is 31.7 Å². The molecular weight excluding hydrogens is 431 g/mol. The van der Waals surface area contributed by atoms with Gasteiger partial charge in [-0.2, -0.15) is 0 Å². The first-order chi connectivity index (χ1) is 13.9. The van der Waals surface area contributed by atoms with Crippen molar-refractivity contribution in [3.05, 3.63) is 63.6 Å². The SMILES string of the molecule is CCC(COC(=O)Nc1ccc(Cl)c(Cl)c1)N1C(=O)CSC1c1ccc(C)cc1. The Bertz CT molecular complexity index is 892. The lowest BCUT2D eigenvalue weighted by atomic mass is 10.1. The van der Waals surface area contributed by atoms with Gasteiger partial charge in [-0.1, -0.05) is 60.0 Å². The summed E-state index contributed by atoms with van der Waals surface area (Å²) in [4.78, 5) is 26.6. The van der Waals surface area contributed by atoms with Gasteiger partial charge in [-0.15, -0.1) is 11.8 Å². The predicted octanol–water partition coefficient (Wildman–Crippen LogP) is 5.90. The molecule has 2 unspecified atom stereocenters. The minimum absolute atomic E-state index is 0.0564. The van der Waals surface area contributed by atoms with E-state index in [-0.39, 0.29) is 23.9 Å². The van der Waals surface area contributed by atoms with Gasteiger partial charge >= 0.3 is 6.09 Å². The number of hydrogen-bond donors (Lipinski definition) is 1. The van der Waals surface area contributed by atoms with Gasteiger partial charge in [0, 0.05) is 5.69 Å². The largest absolute Gasteiger partial charge is 0.447 e. The molecule has 0 aromatic heterocycles. The number of anilines is 1. The van der Waals surface area contributed by atoms with Crippen LogP contribution in [0.15, 0.2) is 42.5 Å². The Hall–Kier alpha value is -1.89. The molecule has 1 heterocycles. The minimum Gasteiger partial charge on any atom is -0.447 e. The number of ether oxygens (including phenoxy) is 1. The van der Waals surface area contributed by atoms with E-state index in [1.165, 1.54) is 5.56 Å². The Morgan fingerprint density at radius 3 is 2.62 bits per heavy atom. The second-order valence-corrected chi connectivity index (χ2v) is 8.67. The second kappa shape index (κ2) is 9.74. The Morgan fingerprint density at radius 2 is 1.97 bits per heavy atom. The maximum Gasteiger partial charge on any atom is 0.411 e. The fraction of sp³-hybridized carbons (Fsp3) is 0.333. The first kappa shape index (κ1) is 21.8. The van der Waals surface area contributed by atoms with Crippen LogP contribution >= 0.6 is 35.0 Å². The average Bonchev–Trinajstić information content (AvgIpc) is 3.07. The summed E-state index contributed by atoms with van der Waals surface area (Å²) in [6.07, 6.45) is 0.0716. The van der Waals surface area contributed by atoms with E-state index in [0.717, 1.165) is 5.56 Å². The molecule has 2 aromatic carbocycles. The summed E-state index contributed by atoms with van der Waals surface area (Å²) in [5, 5.41) is 3.30. The molecule has 2 aromatic rings. The van der Waals surface area contributed by atoms with Crippen molar-refractivity contribution in [3.63, 3.8) is 0 Å². The van der Waals surface area contributed by atoms with Gasteiger partial charge in [0.2, 0.25) is 5.91 Å². The lowest BCUT2D eigenvalue weighted by molar-refractivity contribution is -0.131. The fourth-order valence-electron chi connectivity index (χ4n) is 3.11. The topological polar surface area (TPSA) is 58.6 Å². The highest BCUT2D eigenvalue weighted by molar-refractivity contribution is 8.00. The van der Waals surface area contributed by atoms with E-state index < -0.39 is 6.09 Å². The minimum atomic E-state index is -0.604. The third-order valence-electron chi connectivity index (χ3n) is 4.71. The molecule has 0 spiro atoms. The second-order valence-electron chi connectivity index (χ2n) is 6.79. The molecule has 2 atom stereocenters. The first-order valence-electron chi connectivity index (χ1n) is 9.27. The Morgan fingerprint density at radius 1 is 1.24 bits per heavy atom. The number of carbonyl (C=O) groups excluding carboxylic acids is 2. The van der Waals surface area contributed by atoms with Crippen molar-refractivity contribution in [1.82, 2.24) is 4.90 Å². The van der Waals surface area contributed by atoms with Gasteiger partial charge in [-0.25, -0.2) is 4.79 Å². The number of nitrogens with zero attached hydrogens (tertiary/aromatic N) is 1. The molecule has 1 aliphatic heterocycles. The van der Waals surface area contributed by atoms with Crippen LogP contribution in [0.4, 0.5) is 10.5 Å². The number of halogens is 2. The molecular formula is C21H22Cl2N2O3S. The van der Waals surface area contributed by atoms with Crippen LogP contribution in [-0.2, 0) is 9.53 Å². The van der Waals surface area contributed by atoms with E-state index in [1.54, 1.807) is 30.0 Å². The number of hydrogen-bond acceptors (Lipinski definition) is 4. The summed E-state index contributed by atoms with van der Waals surface area (Å²) in [5.74, 6) is 0.478. The average molecular weight is 453 g/mol. The summed E-state index contributed by atoms with van der Waals surface area (Å²) >= 11 is 13.4. The summed E-state index contributed by atoms with van der Waals surface area (Å²) in [7, 11) is 0. The van der Waals surface area contributed by atoms with Crippen LogP contribution in [0.25, 0.3) is 0 Å². The van der Waals surface area contributed by atoms with Crippen molar-refractivity contribution in [1.29, 1.82) is 0 Å². The molecule has 154 valence electrons. The number of benzene rings is 2. The molecule has 0 radical (unpaired) electrons. The number of thioether (sulfide) groups is 1. The van der Waals surface area contributed by atoms with Crippen molar-refractivity contribution >= 4 is 52.7 Å². The van der Waals surface area contributed by atoms with Crippen LogP contribution in [-0.4, -0.2) is 35.3 Å². The number of aryl methyl sites for hydroxylation is 1. The van der Waals surface area contributed by atoms with Crippen LogP contribution in [0.2, 0.25) is 10.0 Å². The molecule has 1 fully saturated rings. The number of rotatable bonds is 6. The van der Waals surface area contributed by atoms with Gasteiger partial charge in [0.25, 0.3) is 0 Å². The standard InChI is InChI=1S/C21H22Cl2N2O3S/c1-3-16(11-28-21(27)24-15-8-9-17(22)18(23)10-15)25-19(26)12-29-20(25)14-6-4-13(2)5-7-14/h4-10,16,20H,3,11-12H2,1-2H3,(H,24,27). The van der Waals surface area contributed by atoms with Crippen molar-refractivity contribution in [2.75, 3.05) is 17.7 Å². The van der Waals surface area contributed by atoms with Crippen molar-refractivity contribution in [3.8, 4) is 0 Å². The molecule has 2 amide bonds. The summed E-state index contributed by atoms with van der Waals surface area (Å²) in [6.45, 7) is 4.12. The molecule has 29 heavy (non-hydrogen) atoms. The van der Waals surface area contributed by atoms with Crippen LogP contribution in [0.5, 0.6) is 0 Å². The molecule has 1 saturated heterocycles. The summed E-state index contributed by atoms with van der Waals surface area (Å²) in [6, 6.07) is 12.8. The maximum absolute atomic E-state index is 12.6. The third-order valence-corrected chi connectivity index (χ3v) is 6.67. The van der Waals surface area contributed by atoms with Crippen molar-refractivity contribution < 1.29 is 14.3 Å². The lowest BCUT2D eigenvalue weighted by Crippen LogP contribution is -2.41. The molecule has 8 heteroatoms. The molecule has 0 bridgehead atoms. The quantitative estimate of drug-likeness (QED) is 0.592. The van der Waals surface area contributed by atoms with Gasteiger partial charge < -0.3 is 9.64 Å². The number of amides is 2. The first-order valence-corrected chi connectivity index (χ1v) is 11.1. The van der Waals surface area contributed by atoms with Gasteiger partial charge in [0.15, 0.2) is 0 Å². The molecule has 3 rings (SSSR count). The maximum atomic E-state index is 12.6. The summed E-state index contributed by atoms with van der Waals surface area (Å²) in [5.41, 5.74) is 2.73. The highest BCUT2D eigenvalue weighted by Crippen LogP contribution is 2.40. The van der Waals surface area contributed by atoms with E-state index in [4.69, 9.17) is 27.9 Å². The predicted molar refractivity (Wildman–Crippen MR) is 119 cm³/mol. The zero-order valence-electron chi connectivity index (χ0n) is 16.2. The van der Waals surface area contributed by atoms with Gasteiger partial charge in [0.05, 0.1) is 21.8 Å². The van der Waals surface area contributed by atoms with Crippen LogP contribution < -0.4 is 5.32 Å². The van der Waals surface area contributed by atoms with Gasteiger partial charge in [0.1, 0.15) is 12.0 Å².